The van der Waals surface area contributed by atoms with Gasteiger partial charge in [0.15, 0.2) is 4.60 Å². The van der Waals surface area contributed by atoms with E-state index in [4.69, 9.17) is 4.74 Å². The fourth-order valence-electron chi connectivity index (χ4n) is 1.51. The Labute approximate surface area is 122 Å². The molecule has 10 heteroatoms. The van der Waals surface area contributed by atoms with Gasteiger partial charge in [-0.2, -0.15) is 8.42 Å². The average Bonchev–Trinajstić information content (AvgIpc) is 2.72. The Morgan fingerprint density at radius 1 is 1.45 bits per heavy atom. The molecule has 108 valence electrons. The molecule has 0 aliphatic heterocycles. The van der Waals surface area contributed by atoms with E-state index in [1.165, 1.54) is 26.3 Å². The normalized spacial score (nSPS) is 11.4. The molecule has 0 amide bonds. The Kier molecular flexibility index (Phi) is 3.95. The maximum atomic E-state index is 13.6. The summed E-state index contributed by atoms with van der Waals surface area (Å²) in [4.78, 5) is 0. The molecular formula is C10H10BrFN4O3S. The molecule has 0 aliphatic rings. The lowest BCUT2D eigenvalue weighted by Crippen LogP contribution is -2.18. The van der Waals surface area contributed by atoms with E-state index >= 15 is 0 Å². The molecule has 1 heterocycles. The Balaban J connectivity index is 2.43. The molecule has 1 aromatic carbocycles. The number of rotatable bonds is 4. The summed E-state index contributed by atoms with van der Waals surface area (Å²) < 4.78 is 46.2. The van der Waals surface area contributed by atoms with Crippen LogP contribution in [0.15, 0.2) is 27.8 Å². The number of nitrogens with one attached hydrogen (secondary N) is 1. The Hall–Kier alpha value is -1.68. The Bertz CT molecular complexity index is 727. The van der Waals surface area contributed by atoms with Crippen molar-refractivity contribution in [3.63, 3.8) is 0 Å². The van der Waals surface area contributed by atoms with Crippen LogP contribution in [0.1, 0.15) is 0 Å². The molecule has 1 N–H and O–H groups in total. The number of nitrogens with zero attached hydrogens (tertiary/aromatic N) is 3. The van der Waals surface area contributed by atoms with Crippen molar-refractivity contribution in [3.8, 4) is 5.75 Å². The fraction of sp³-hybridized carbons (Fsp3) is 0.200. The highest BCUT2D eigenvalue weighted by molar-refractivity contribution is 9.10. The second kappa shape index (κ2) is 5.37. The number of anilines is 1. The number of aromatic nitrogens is 3. The van der Waals surface area contributed by atoms with Crippen LogP contribution in [0.3, 0.4) is 0 Å². The molecule has 0 aliphatic carbocycles. The third kappa shape index (κ3) is 2.75. The molecule has 0 fully saturated rings. The maximum absolute atomic E-state index is 13.6. The summed E-state index contributed by atoms with van der Waals surface area (Å²) in [5.41, 5.74) is -0.225. The minimum atomic E-state index is -4.03. The van der Waals surface area contributed by atoms with Crippen LogP contribution in [0.5, 0.6) is 5.75 Å². The summed E-state index contributed by atoms with van der Waals surface area (Å²) in [6, 6.07) is 3.73. The predicted molar refractivity (Wildman–Crippen MR) is 72.5 cm³/mol. The molecule has 0 unspecified atom stereocenters. The average molecular weight is 365 g/mol. The molecule has 0 saturated heterocycles. The number of hydrogen-bond acceptors (Lipinski definition) is 5. The lowest BCUT2D eigenvalue weighted by atomic mass is 10.3. The fourth-order valence-corrected chi connectivity index (χ4v) is 3.67. The molecule has 20 heavy (non-hydrogen) atoms. The Morgan fingerprint density at radius 3 is 2.70 bits per heavy atom. The second-order valence-corrected chi connectivity index (χ2v) is 6.11. The first-order valence-corrected chi connectivity index (χ1v) is 7.54. The number of benzene rings is 1. The van der Waals surface area contributed by atoms with Crippen LogP contribution in [0.25, 0.3) is 0 Å². The van der Waals surface area contributed by atoms with Crippen LogP contribution >= 0.6 is 15.9 Å². The van der Waals surface area contributed by atoms with E-state index in [-0.39, 0.29) is 15.3 Å². The van der Waals surface area contributed by atoms with E-state index in [1.807, 2.05) is 0 Å². The number of hydrogen-bond donors (Lipinski definition) is 1. The highest BCUT2D eigenvalue weighted by Crippen LogP contribution is 2.25. The molecule has 0 saturated carbocycles. The predicted octanol–water partition coefficient (Wildman–Crippen LogP) is 1.53. The number of methoxy groups -OCH3 is 1. The summed E-state index contributed by atoms with van der Waals surface area (Å²) in [5, 5.41) is 6.93. The van der Waals surface area contributed by atoms with Gasteiger partial charge in [0.05, 0.1) is 12.8 Å². The van der Waals surface area contributed by atoms with E-state index in [0.717, 1.165) is 10.7 Å². The first-order valence-electron chi connectivity index (χ1n) is 5.26. The lowest BCUT2D eigenvalue weighted by Gasteiger charge is -2.10. The van der Waals surface area contributed by atoms with Crippen molar-refractivity contribution in [2.75, 3.05) is 11.8 Å². The van der Waals surface area contributed by atoms with Crippen LogP contribution in [0.4, 0.5) is 10.1 Å². The van der Waals surface area contributed by atoms with Gasteiger partial charge in [0.2, 0.25) is 5.03 Å². The van der Waals surface area contributed by atoms with Crippen molar-refractivity contribution < 1.29 is 17.5 Å². The SMILES string of the molecule is COc1ccc(F)c(NS(=O)(=O)c2c(Br)nnn2C)c1. The zero-order valence-electron chi connectivity index (χ0n) is 10.5. The molecule has 2 aromatic rings. The second-order valence-electron chi connectivity index (χ2n) is 3.76. The molecule has 0 atom stereocenters. The van der Waals surface area contributed by atoms with E-state index in [2.05, 4.69) is 31.0 Å². The lowest BCUT2D eigenvalue weighted by molar-refractivity contribution is 0.414. The summed E-state index contributed by atoms with van der Waals surface area (Å²) in [5.74, 6) is -0.396. The van der Waals surface area contributed by atoms with Gasteiger partial charge in [0, 0.05) is 13.1 Å². The molecule has 1 aromatic heterocycles. The molecule has 0 bridgehead atoms. The van der Waals surface area contributed by atoms with E-state index in [0.29, 0.717) is 5.75 Å². The summed E-state index contributed by atoms with van der Waals surface area (Å²) in [6.07, 6.45) is 0. The third-order valence-electron chi connectivity index (χ3n) is 2.41. The highest BCUT2D eigenvalue weighted by Gasteiger charge is 2.25. The quantitative estimate of drug-likeness (QED) is 0.888. The maximum Gasteiger partial charge on any atom is 0.282 e. The highest BCUT2D eigenvalue weighted by atomic mass is 79.9. The van der Waals surface area contributed by atoms with E-state index in [1.54, 1.807) is 0 Å². The van der Waals surface area contributed by atoms with Gasteiger partial charge in [0.25, 0.3) is 10.0 Å². The van der Waals surface area contributed by atoms with E-state index in [9.17, 15) is 12.8 Å². The smallest absolute Gasteiger partial charge is 0.282 e. The van der Waals surface area contributed by atoms with Crippen molar-refractivity contribution in [2.24, 2.45) is 7.05 Å². The third-order valence-corrected chi connectivity index (χ3v) is 4.66. The first-order chi connectivity index (χ1) is 9.35. The van der Waals surface area contributed by atoms with Crippen LogP contribution in [-0.2, 0) is 17.1 Å². The van der Waals surface area contributed by atoms with Gasteiger partial charge in [-0.3, -0.25) is 4.72 Å². The van der Waals surface area contributed by atoms with Crippen LogP contribution < -0.4 is 9.46 Å². The van der Waals surface area contributed by atoms with Gasteiger partial charge in [0.1, 0.15) is 11.6 Å². The zero-order valence-corrected chi connectivity index (χ0v) is 12.9. The summed E-state index contributed by atoms with van der Waals surface area (Å²) >= 11 is 2.98. The largest absolute Gasteiger partial charge is 0.497 e. The summed E-state index contributed by atoms with van der Waals surface area (Å²) in [6.45, 7) is 0. The van der Waals surface area contributed by atoms with Crippen LogP contribution in [0.2, 0.25) is 0 Å². The van der Waals surface area contributed by atoms with Crippen LogP contribution in [-0.4, -0.2) is 30.5 Å². The number of ether oxygens (including phenoxy) is 1. The van der Waals surface area contributed by atoms with Crippen molar-refractivity contribution >= 4 is 31.6 Å². The van der Waals surface area contributed by atoms with Crippen molar-refractivity contribution in [2.45, 2.75) is 5.03 Å². The van der Waals surface area contributed by atoms with Gasteiger partial charge in [-0.05, 0) is 28.1 Å². The van der Waals surface area contributed by atoms with Gasteiger partial charge in [-0.25, -0.2) is 9.07 Å². The molecule has 0 radical (unpaired) electrons. The molecule has 7 nitrogen and oxygen atoms in total. The topological polar surface area (TPSA) is 86.1 Å². The Morgan fingerprint density at radius 2 is 2.15 bits per heavy atom. The summed E-state index contributed by atoms with van der Waals surface area (Å²) in [7, 11) is -1.23. The number of sulfonamides is 1. The van der Waals surface area contributed by atoms with Gasteiger partial charge in [-0.15, -0.1) is 5.10 Å². The van der Waals surface area contributed by atoms with Crippen LogP contribution in [0, 0.1) is 5.82 Å². The van der Waals surface area contributed by atoms with Crippen molar-refractivity contribution in [1.29, 1.82) is 0 Å². The minimum absolute atomic E-state index is 0.0378. The van der Waals surface area contributed by atoms with Crippen molar-refractivity contribution in [1.82, 2.24) is 15.0 Å². The monoisotopic (exact) mass is 364 g/mol. The first kappa shape index (κ1) is 14.7. The van der Waals surface area contributed by atoms with Crippen molar-refractivity contribution in [3.05, 3.63) is 28.6 Å². The molecule has 2 rings (SSSR count). The van der Waals surface area contributed by atoms with Gasteiger partial charge < -0.3 is 4.74 Å². The molecular weight excluding hydrogens is 355 g/mol. The minimum Gasteiger partial charge on any atom is -0.497 e. The van der Waals surface area contributed by atoms with E-state index < -0.39 is 15.8 Å². The van der Waals surface area contributed by atoms with Gasteiger partial charge in [-0.1, -0.05) is 5.21 Å². The molecule has 0 spiro atoms. The van der Waals surface area contributed by atoms with Gasteiger partial charge >= 0.3 is 0 Å². The standard InChI is InChI=1S/C10H10BrFN4O3S/c1-16-10(9(11)13-15-16)20(17,18)14-8-5-6(19-2)3-4-7(8)12/h3-5,14H,1-2H3. The zero-order chi connectivity index (χ0) is 14.9. The number of aryl methyl sites for hydroxylation is 1. The number of halogens is 2.